The molecule has 0 spiro atoms. The van der Waals surface area contributed by atoms with Gasteiger partial charge in [0.2, 0.25) is 5.91 Å². The number of hydrogen-bond acceptors (Lipinski definition) is 2. The van der Waals surface area contributed by atoms with Gasteiger partial charge in [0.15, 0.2) is 0 Å². The summed E-state index contributed by atoms with van der Waals surface area (Å²) in [4.78, 5) is 18.1. The summed E-state index contributed by atoms with van der Waals surface area (Å²) in [7, 11) is 3.45. The number of benzene rings is 1. The molecule has 2 aromatic rings. The van der Waals surface area contributed by atoms with Crippen LogP contribution in [0, 0.1) is 0 Å². The Bertz CT molecular complexity index is 622. The van der Waals surface area contributed by atoms with Crippen LogP contribution < -0.4 is 0 Å². The Kier molecular flexibility index (Phi) is 4.02. The van der Waals surface area contributed by atoms with E-state index in [1.54, 1.807) is 25.1 Å². The van der Waals surface area contributed by atoms with Crippen molar-refractivity contribution in [3.05, 3.63) is 29.0 Å². The van der Waals surface area contributed by atoms with E-state index < -0.39 is 0 Å². The predicted molar refractivity (Wildman–Crippen MR) is 77.7 cm³/mol. The quantitative estimate of drug-likeness (QED) is 0.817. The second-order valence-electron chi connectivity index (χ2n) is 4.55. The molecule has 1 aromatic heterocycles. The van der Waals surface area contributed by atoms with E-state index in [1.165, 1.54) is 0 Å². The number of amides is 1. The number of para-hydroxylation sites is 1. The van der Waals surface area contributed by atoms with Gasteiger partial charge in [-0.1, -0.05) is 17.7 Å². The van der Waals surface area contributed by atoms with Crippen LogP contribution in [-0.2, 0) is 10.7 Å². The molecule has 0 N–H and O–H groups in total. The first-order chi connectivity index (χ1) is 8.97. The summed E-state index contributed by atoms with van der Waals surface area (Å²) in [5.74, 6) is 0.869. The highest BCUT2D eigenvalue weighted by molar-refractivity contribution is 6.35. The van der Waals surface area contributed by atoms with Crippen molar-refractivity contribution in [2.45, 2.75) is 18.8 Å². The minimum Gasteiger partial charge on any atom is -0.347 e. The zero-order valence-corrected chi connectivity index (χ0v) is 12.5. The first kappa shape index (κ1) is 14.2. The molecule has 0 saturated carbocycles. The standard InChI is InChI=1S/C13H15Cl2N3O/c1-8(13(19)17(2)3)18-10-6-4-5-9(15)12(10)16-11(18)7-14/h4-6,8H,7H2,1-3H3. The maximum Gasteiger partial charge on any atom is 0.244 e. The maximum absolute atomic E-state index is 12.1. The minimum atomic E-state index is -0.368. The van der Waals surface area contributed by atoms with Gasteiger partial charge in [0.25, 0.3) is 0 Å². The maximum atomic E-state index is 12.1. The number of imidazole rings is 1. The van der Waals surface area contributed by atoms with Crippen molar-refractivity contribution in [3.8, 4) is 0 Å². The number of carbonyl (C=O) groups is 1. The molecule has 1 heterocycles. The smallest absolute Gasteiger partial charge is 0.244 e. The van der Waals surface area contributed by atoms with Crippen LogP contribution in [-0.4, -0.2) is 34.5 Å². The third-order valence-electron chi connectivity index (χ3n) is 3.05. The molecular weight excluding hydrogens is 285 g/mol. The number of halogens is 2. The molecule has 0 bridgehead atoms. The number of aromatic nitrogens is 2. The Hall–Kier alpha value is -1.26. The van der Waals surface area contributed by atoms with Crippen LogP contribution in [0.4, 0.5) is 0 Å². The molecule has 19 heavy (non-hydrogen) atoms. The van der Waals surface area contributed by atoms with Gasteiger partial charge in [-0.15, -0.1) is 11.6 Å². The Morgan fingerprint density at radius 2 is 2.16 bits per heavy atom. The number of nitrogens with zero attached hydrogens (tertiary/aromatic N) is 3. The highest BCUT2D eigenvalue weighted by Crippen LogP contribution is 2.28. The zero-order valence-electron chi connectivity index (χ0n) is 11.0. The predicted octanol–water partition coefficient (Wildman–Crippen LogP) is 3.08. The van der Waals surface area contributed by atoms with Crippen LogP contribution in [0.1, 0.15) is 18.8 Å². The molecule has 102 valence electrons. The molecule has 6 heteroatoms. The Morgan fingerprint density at radius 1 is 1.47 bits per heavy atom. The van der Waals surface area contributed by atoms with Crippen LogP contribution in [0.5, 0.6) is 0 Å². The highest BCUT2D eigenvalue weighted by atomic mass is 35.5. The van der Waals surface area contributed by atoms with Crippen LogP contribution in [0.2, 0.25) is 5.02 Å². The number of likely N-dealkylation sites (N-methyl/N-ethyl adjacent to an activating group) is 1. The van der Waals surface area contributed by atoms with Gasteiger partial charge < -0.3 is 9.47 Å². The first-order valence-corrected chi connectivity index (χ1v) is 6.81. The Labute approximate surface area is 121 Å². The molecule has 4 nitrogen and oxygen atoms in total. The van der Waals surface area contributed by atoms with Crippen LogP contribution >= 0.6 is 23.2 Å². The molecule has 0 aliphatic heterocycles. The summed E-state index contributed by atoms with van der Waals surface area (Å²) in [5.41, 5.74) is 1.50. The van der Waals surface area contributed by atoms with Gasteiger partial charge in [0.05, 0.1) is 16.4 Å². The van der Waals surface area contributed by atoms with E-state index in [9.17, 15) is 4.79 Å². The van der Waals surface area contributed by atoms with Gasteiger partial charge in [-0.2, -0.15) is 0 Å². The van der Waals surface area contributed by atoms with E-state index in [2.05, 4.69) is 4.98 Å². The number of carbonyl (C=O) groups excluding carboxylic acids is 1. The lowest BCUT2D eigenvalue weighted by Gasteiger charge is -2.20. The molecular formula is C13H15Cl2N3O. The molecule has 0 aliphatic rings. The summed E-state index contributed by atoms with van der Waals surface area (Å²) in [5, 5.41) is 0.562. The average Bonchev–Trinajstić information content (AvgIpc) is 2.76. The number of fused-ring (bicyclic) bond motifs is 1. The van der Waals surface area contributed by atoms with E-state index in [4.69, 9.17) is 23.2 Å². The Morgan fingerprint density at radius 3 is 2.74 bits per heavy atom. The van der Waals surface area contributed by atoms with Crippen LogP contribution in [0.25, 0.3) is 11.0 Å². The molecule has 1 unspecified atom stereocenters. The van der Waals surface area contributed by atoms with Gasteiger partial charge in [-0.25, -0.2) is 4.98 Å². The summed E-state index contributed by atoms with van der Waals surface area (Å²) < 4.78 is 1.84. The number of rotatable bonds is 3. The van der Waals surface area contributed by atoms with E-state index in [0.717, 1.165) is 5.52 Å². The van der Waals surface area contributed by atoms with E-state index in [1.807, 2.05) is 23.6 Å². The van der Waals surface area contributed by atoms with Crippen molar-refractivity contribution in [2.24, 2.45) is 0 Å². The highest BCUT2D eigenvalue weighted by Gasteiger charge is 2.23. The van der Waals surface area contributed by atoms with Crippen molar-refractivity contribution < 1.29 is 4.79 Å². The second-order valence-corrected chi connectivity index (χ2v) is 5.22. The fourth-order valence-corrected chi connectivity index (χ4v) is 2.54. The third-order valence-corrected chi connectivity index (χ3v) is 3.59. The zero-order chi connectivity index (χ0) is 14.2. The normalized spacial score (nSPS) is 12.7. The van der Waals surface area contributed by atoms with Gasteiger partial charge in [0, 0.05) is 14.1 Å². The molecule has 1 atom stereocenters. The summed E-state index contributed by atoms with van der Waals surface area (Å²) >= 11 is 12.1. The SMILES string of the molecule is CC(C(=O)N(C)C)n1c(CCl)nc2c(Cl)cccc21. The molecule has 1 aromatic carbocycles. The molecule has 1 amide bonds. The lowest BCUT2D eigenvalue weighted by atomic mass is 10.2. The number of hydrogen-bond donors (Lipinski definition) is 0. The lowest BCUT2D eigenvalue weighted by molar-refractivity contribution is -0.131. The van der Waals surface area contributed by atoms with Crippen molar-refractivity contribution in [3.63, 3.8) is 0 Å². The third kappa shape index (κ3) is 2.42. The average molecular weight is 300 g/mol. The second kappa shape index (κ2) is 5.39. The monoisotopic (exact) mass is 299 g/mol. The molecule has 0 fully saturated rings. The summed E-state index contributed by atoms with van der Waals surface area (Å²) in [6.45, 7) is 1.83. The van der Waals surface area contributed by atoms with Gasteiger partial charge in [-0.3, -0.25) is 4.79 Å². The van der Waals surface area contributed by atoms with Crippen molar-refractivity contribution in [2.75, 3.05) is 14.1 Å². The lowest BCUT2D eigenvalue weighted by Crippen LogP contribution is -2.30. The fourth-order valence-electron chi connectivity index (χ4n) is 2.14. The van der Waals surface area contributed by atoms with E-state index >= 15 is 0 Å². The molecule has 0 saturated heterocycles. The van der Waals surface area contributed by atoms with Crippen LogP contribution in [0.3, 0.4) is 0 Å². The fraction of sp³-hybridized carbons (Fsp3) is 0.385. The van der Waals surface area contributed by atoms with Gasteiger partial charge in [-0.05, 0) is 19.1 Å². The number of alkyl halides is 1. The summed E-state index contributed by atoms with van der Waals surface area (Å²) in [6.07, 6.45) is 0. The molecule has 2 rings (SSSR count). The largest absolute Gasteiger partial charge is 0.347 e. The van der Waals surface area contributed by atoms with E-state index in [0.29, 0.717) is 16.4 Å². The van der Waals surface area contributed by atoms with Gasteiger partial charge >= 0.3 is 0 Å². The minimum absolute atomic E-state index is 0.00866. The first-order valence-electron chi connectivity index (χ1n) is 5.89. The summed E-state index contributed by atoms with van der Waals surface area (Å²) in [6, 6.07) is 5.14. The Balaban J connectivity index is 2.64. The van der Waals surface area contributed by atoms with Crippen molar-refractivity contribution in [1.82, 2.24) is 14.5 Å². The van der Waals surface area contributed by atoms with Gasteiger partial charge in [0.1, 0.15) is 17.4 Å². The van der Waals surface area contributed by atoms with Crippen molar-refractivity contribution in [1.29, 1.82) is 0 Å². The molecule has 0 radical (unpaired) electrons. The molecule has 0 aliphatic carbocycles. The van der Waals surface area contributed by atoms with E-state index in [-0.39, 0.29) is 17.8 Å². The van der Waals surface area contributed by atoms with Crippen molar-refractivity contribution >= 4 is 40.1 Å². The van der Waals surface area contributed by atoms with Crippen LogP contribution in [0.15, 0.2) is 18.2 Å². The topological polar surface area (TPSA) is 38.1 Å².